The van der Waals surface area contributed by atoms with Gasteiger partial charge in [0.2, 0.25) is 0 Å². The van der Waals surface area contributed by atoms with E-state index in [4.69, 9.17) is 4.74 Å². The van der Waals surface area contributed by atoms with Crippen LogP contribution in [-0.4, -0.2) is 26.8 Å². The minimum Gasteiger partial charge on any atom is -0.385 e. The molecule has 0 aliphatic heterocycles. The maximum Gasteiger partial charge on any atom is 0.0462 e. The van der Waals surface area contributed by atoms with E-state index < -0.39 is 0 Å². The van der Waals surface area contributed by atoms with Gasteiger partial charge in [0.05, 0.1) is 0 Å². The van der Waals surface area contributed by atoms with Crippen molar-refractivity contribution in [2.24, 2.45) is 11.8 Å². The summed E-state index contributed by atoms with van der Waals surface area (Å²) in [7, 11) is 1.81. The first-order valence-electron chi connectivity index (χ1n) is 7.08. The molecule has 0 aromatic carbocycles. The molecule has 0 amide bonds. The van der Waals surface area contributed by atoms with Gasteiger partial charge in [-0.05, 0) is 44.2 Å². The second kappa shape index (κ2) is 9.00. The number of nitrogens with one attached hydrogen (secondary N) is 1. The van der Waals surface area contributed by atoms with Gasteiger partial charge in [0, 0.05) is 13.7 Å². The normalized spacial score (nSPS) is 19.1. The minimum absolute atomic E-state index is 0.893. The molecule has 16 heavy (non-hydrogen) atoms. The quantitative estimate of drug-likeness (QED) is 0.611. The summed E-state index contributed by atoms with van der Waals surface area (Å²) >= 11 is 0. The average Bonchev–Trinajstić information content (AvgIpc) is 2.81. The third kappa shape index (κ3) is 5.31. The van der Waals surface area contributed by atoms with Crippen LogP contribution in [0.15, 0.2) is 0 Å². The van der Waals surface area contributed by atoms with Gasteiger partial charge in [0.1, 0.15) is 0 Å². The Bertz CT molecular complexity index is 145. The second-order valence-corrected chi connectivity index (χ2v) is 5.14. The summed E-state index contributed by atoms with van der Waals surface area (Å²) < 4.78 is 5.16. The Hall–Kier alpha value is -0.0800. The minimum atomic E-state index is 0.893. The van der Waals surface area contributed by atoms with Crippen LogP contribution in [0.25, 0.3) is 0 Å². The third-order valence-electron chi connectivity index (χ3n) is 3.82. The van der Waals surface area contributed by atoms with Crippen molar-refractivity contribution in [1.82, 2.24) is 5.32 Å². The Morgan fingerprint density at radius 3 is 2.69 bits per heavy atom. The zero-order chi connectivity index (χ0) is 11.6. The highest BCUT2D eigenvalue weighted by Gasteiger charge is 2.24. The van der Waals surface area contributed by atoms with E-state index in [-0.39, 0.29) is 0 Å². The molecule has 1 saturated carbocycles. The highest BCUT2D eigenvalue weighted by molar-refractivity contribution is 4.77. The fourth-order valence-electron chi connectivity index (χ4n) is 2.89. The SMILES string of the molecule is CCCNCC(CCCOC)C1CCCC1. The molecule has 1 fully saturated rings. The Morgan fingerprint density at radius 1 is 1.31 bits per heavy atom. The van der Waals surface area contributed by atoms with Crippen LogP contribution in [0, 0.1) is 11.8 Å². The molecule has 1 atom stereocenters. The molecule has 0 saturated heterocycles. The van der Waals surface area contributed by atoms with E-state index in [1.807, 2.05) is 0 Å². The Balaban J connectivity index is 2.22. The fraction of sp³-hybridized carbons (Fsp3) is 1.00. The molecule has 0 heterocycles. The highest BCUT2D eigenvalue weighted by Crippen LogP contribution is 2.33. The average molecular weight is 227 g/mol. The molecule has 0 spiro atoms. The van der Waals surface area contributed by atoms with E-state index in [2.05, 4.69) is 12.2 Å². The lowest BCUT2D eigenvalue weighted by Crippen LogP contribution is -2.28. The lowest BCUT2D eigenvalue weighted by atomic mass is 9.87. The van der Waals surface area contributed by atoms with Crippen molar-refractivity contribution >= 4 is 0 Å². The van der Waals surface area contributed by atoms with Crippen LogP contribution in [0.4, 0.5) is 0 Å². The van der Waals surface area contributed by atoms with Crippen LogP contribution in [0.2, 0.25) is 0 Å². The third-order valence-corrected chi connectivity index (χ3v) is 3.82. The molecule has 1 unspecified atom stereocenters. The van der Waals surface area contributed by atoms with Gasteiger partial charge in [-0.3, -0.25) is 0 Å². The van der Waals surface area contributed by atoms with Gasteiger partial charge in [0.15, 0.2) is 0 Å². The largest absolute Gasteiger partial charge is 0.385 e. The van der Waals surface area contributed by atoms with E-state index >= 15 is 0 Å². The maximum absolute atomic E-state index is 5.16. The van der Waals surface area contributed by atoms with Gasteiger partial charge in [-0.25, -0.2) is 0 Å². The zero-order valence-corrected chi connectivity index (χ0v) is 11.1. The number of ether oxygens (including phenoxy) is 1. The van der Waals surface area contributed by atoms with Gasteiger partial charge in [-0.1, -0.05) is 32.6 Å². The Morgan fingerprint density at radius 2 is 2.06 bits per heavy atom. The predicted octanol–water partition coefficient (Wildman–Crippen LogP) is 3.22. The van der Waals surface area contributed by atoms with Crippen molar-refractivity contribution < 1.29 is 4.74 Å². The summed E-state index contributed by atoms with van der Waals surface area (Å²) in [5.74, 6) is 1.88. The molecule has 0 bridgehead atoms. The first-order chi connectivity index (χ1) is 7.88. The van der Waals surface area contributed by atoms with E-state index in [0.717, 1.165) is 18.4 Å². The standard InChI is InChI=1S/C14H29NO/c1-3-10-15-12-14(9-6-11-16-2)13-7-4-5-8-13/h13-15H,3-12H2,1-2H3. The highest BCUT2D eigenvalue weighted by atomic mass is 16.5. The van der Waals surface area contributed by atoms with Crippen molar-refractivity contribution in [1.29, 1.82) is 0 Å². The topological polar surface area (TPSA) is 21.3 Å². The van der Waals surface area contributed by atoms with E-state index in [9.17, 15) is 0 Å². The Labute approximate surface area is 101 Å². The van der Waals surface area contributed by atoms with Gasteiger partial charge in [-0.2, -0.15) is 0 Å². The number of rotatable bonds is 9. The maximum atomic E-state index is 5.16. The van der Waals surface area contributed by atoms with Gasteiger partial charge in [-0.15, -0.1) is 0 Å². The van der Waals surface area contributed by atoms with Crippen LogP contribution in [0.3, 0.4) is 0 Å². The molecule has 2 heteroatoms. The van der Waals surface area contributed by atoms with Crippen molar-refractivity contribution in [2.75, 3.05) is 26.8 Å². The lowest BCUT2D eigenvalue weighted by Gasteiger charge is -2.23. The van der Waals surface area contributed by atoms with Crippen molar-refractivity contribution in [3.63, 3.8) is 0 Å². The summed E-state index contributed by atoms with van der Waals surface area (Å²) in [5.41, 5.74) is 0. The van der Waals surface area contributed by atoms with Gasteiger partial charge >= 0.3 is 0 Å². The molecule has 0 radical (unpaired) electrons. The van der Waals surface area contributed by atoms with Crippen LogP contribution in [0.5, 0.6) is 0 Å². The lowest BCUT2D eigenvalue weighted by molar-refractivity contribution is 0.178. The van der Waals surface area contributed by atoms with Crippen molar-refractivity contribution in [2.45, 2.75) is 51.9 Å². The van der Waals surface area contributed by atoms with Gasteiger partial charge < -0.3 is 10.1 Å². The van der Waals surface area contributed by atoms with Crippen LogP contribution in [-0.2, 0) is 4.74 Å². The Kier molecular flexibility index (Phi) is 7.87. The van der Waals surface area contributed by atoms with E-state index in [1.165, 1.54) is 58.0 Å². The fourth-order valence-corrected chi connectivity index (χ4v) is 2.89. The summed E-state index contributed by atoms with van der Waals surface area (Å²) in [5, 5.41) is 3.60. The second-order valence-electron chi connectivity index (χ2n) is 5.14. The van der Waals surface area contributed by atoms with E-state index in [0.29, 0.717) is 0 Å². The van der Waals surface area contributed by atoms with Crippen LogP contribution < -0.4 is 5.32 Å². The predicted molar refractivity (Wildman–Crippen MR) is 69.7 cm³/mol. The molecule has 1 rings (SSSR count). The number of hydrogen-bond donors (Lipinski definition) is 1. The first kappa shape index (κ1) is 14.0. The summed E-state index contributed by atoms with van der Waals surface area (Å²) in [4.78, 5) is 0. The number of hydrogen-bond acceptors (Lipinski definition) is 2. The molecular formula is C14H29NO. The summed E-state index contributed by atoms with van der Waals surface area (Å²) in [6, 6.07) is 0. The van der Waals surface area contributed by atoms with Crippen LogP contribution in [0.1, 0.15) is 51.9 Å². The molecule has 1 N–H and O–H groups in total. The summed E-state index contributed by atoms with van der Waals surface area (Å²) in [6.45, 7) is 5.56. The molecule has 0 aromatic heterocycles. The monoisotopic (exact) mass is 227 g/mol. The van der Waals surface area contributed by atoms with E-state index in [1.54, 1.807) is 7.11 Å². The van der Waals surface area contributed by atoms with Crippen molar-refractivity contribution in [3.8, 4) is 0 Å². The molecule has 0 aromatic rings. The molecular weight excluding hydrogens is 198 g/mol. The summed E-state index contributed by atoms with van der Waals surface area (Å²) in [6.07, 6.45) is 9.66. The van der Waals surface area contributed by atoms with Crippen LogP contribution >= 0.6 is 0 Å². The zero-order valence-electron chi connectivity index (χ0n) is 11.1. The van der Waals surface area contributed by atoms with Gasteiger partial charge in [0.25, 0.3) is 0 Å². The smallest absolute Gasteiger partial charge is 0.0462 e. The molecule has 2 nitrogen and oxygen atoms in total. The molecule has 96 valence electrons. The number of methoxy groups -OCH3 is 1. The molecule has 1 aliphatic rings. The first-order valence-corrected chi connectivity index (χ1v) is 7.08. The van der Waals surface area contributed by atoms with Crippen molar-refractivity contribution in [3.05, 3.63) is 0 Å². The molecule has 1 aliphatic carbocycles.